The molecule has 0 spiro atoms. The highest BCUT2D eigenvalue weighted by Gasteiger charge is 2.13. The first-order valence-corrected chi connectivity index (χ1v) is 9.73. The van der Waals surface area contributed by atoms with Crippen molar-refractivity contribution in [2.75, 3.05) is 0 Å². The summed E-state index contributed by atoms with van der Waals surface area (Å²) in [5.74, 6) is 0.659. The third-order valence-electron chi connectivity index (χ3n) is 4.26. The normalized spacial score (nSPS) is 10.9. The number of nitrogens with one attached hydrogen (secondary N) is 1. The number of nitrogens with zero attached hydrogens (tertiary/aromatic N) is 3. The van der Waals surface area contributed by atoms with E-state index in [1.165, 1.54) is 17.8 Å². The van der Waals surface area contributed by atoms with Crippen LogP contribution in [0.4, 0.5) is 4.39 Å². The molecule has 1 amide bonds. The fourth-order valence-electron chi connectivity index (χ4n) is 2.82. The monoisotopic (exact) mass is 392 g/mol. The van der Waals surface area contributed by atoms with Crippen molar-refractivity contribution in [3.05, 3.63) is 95.7 Å². The van der Waals surface area contributed by atoms with Crippen molar-refractivity contribution in [2.24, 2.45) is 0 Å². The van der Waals surface area contributed by atoms with Gasteiger partial charge in [0.25, 0.3) is 5.91 Å². The van der Waals surface area contributed by atoms with Crippen LogP contribution in [0.2, 0.25) is 0 Å². The smallest absolute Gasteiger partial charge is 0.252 e. The SMILES string of the molecule is O=C(NCc1nnc2ccccn12)c1ccccc1SCc1ccccc1F. The molecule has 28 heavy (non-hydrogen) atoms. The summed E-state index contributed by atoms with van der Waals surface area (Å²) in [4.78, 5) is 13.5. The lowest BCUT2D eigenvalue weighted by atomic mass is 10.2. The van der Waals surface area contributed by atoms with Gasteiger partial charge in [-0.25, -0.2) is 4.39 Å². The standard InChI is InChI=1S/C21H17FN4OS/c22-17-9-3-1-7-15(17)14-28-18-10-4-2-8-16(18)21(27)23-13-20-25-24-19-11-5-6-12-26(19)20/h1-12H,13-14H2,(H,23,27). The average Bonchev–Trinajstić information content (AvgIpc) is 3.15. The fourth-order valence-corrected chi connectivity index (χ4v) is 3.85. The molecule has 5 nitrogen and oxygen atoms in total. The first-order chi connectivity index (χ1) is 13.7. The highest BCUT2D eigenvalue weighted by molar-refractivity contribution is 7.98. The van der Waals surface area contributed by atoms with E-state index in [4.69, 9.17) is 0 Å². The summed E-state index contributed by atoms with van der Waals surface area (Å²) < 4.78 is 15.7. The Morgan fingerprint density at radius 1 is 1.00 bits per heavy atom. The van der Waals surface area contributed by atoms with E-state index in [-0.39, 0.29) is 18.3 Å². The molecule has 7 heteroatoms. The second-order valence-corrected chi connectivity index (χ2v) is 7.12. The number of hydrogen-bond acceptors (Lipinski definition) is 4. The van der Waals surface area contributed by atoms with Crippen LogP contribution >= 0.6 is 11.8 Å². The summed E-state index contributed by atoms with van der Waals surface area (Å²) in [6, 6.07) is 19.6. The summed E-state index contributed by atoms with van der Waals surface area (Å²) in [7, 11) is 0. The number of hydrogen-bond donors (Lipinski definition) is 1. The zero-order valence-corrected chi connectivity index (χ0v) is 15.7. The van der Waals surface area contributed by atoms with Gasteiger partial charge in [0, 0.05) is 16.8 Å². The molecule has 0 aliphatic heterocycles. The van der Waals surface area contributed by atoms with Crippen molar-refractivity contribution in [1.82, 2.24) is 19.9 Å². The predicted molar refractivity (Wildman–Crippen MR) is 107 cm³/mol. The molecule has 4 aromatic rings. The van der Waals surface area contributed by atoms with Gasteiger partial charge in [0.15, 0.2) is 11.5 Å². The van der Waals surface area contributed by atoms with Gasteiger partial charge in [0.2, 0.25) is 0 Å². The summed E-state index contributed by atoms with van der Waals surface area (Å²) in [6.07, 6.45) is 1.86. The molecule has 0 saturated heterocycles. The number of halogens is 1. The lowest BCUT2D eigenvalue weighted by molar-refractivity contribution is 0.0947. The van der Waals surface area contributed by atoms with Crippen molar-refractivity contribution in [1.29, 1.82) is 0 Å². The van der Waals surface area contributed by atoms with Gasteiger partial charge in [-0.3, -0.25) is 9.20 Å². The number of benzene rings is 2. The van der Waals surface area contributed by atoms with Crippen molar-refractivity contribution >= 4 is 23.3 Å². The Balaban J connectivity index is 1.46. The van der Waals surface area contributed by atoms with E-state index in [0.29, 0.717) is 22.7 Å². The van der Waals surface area contributed by atoms with Crippen molar-refractivity contribution in [3.63, 3.8) is 0 Å². The third kappa shape index (κ3) is 3.89. The summed E-state index contributed by atoms with van der Waals surface area (Å²) >= 11 is 1.43. The fraction of sp³-hybridized carbons (Fsp3) is 0.0952. The number of carbonyl (C=O) groups excluding carboxylic acids is 1. The molecule has 0 unspecified atom stereocenters. The zero-order valence-electron chi connectivity index (χ0n) is 14.9. The molecule has 2 aromatic carbocycles. The minimum absolute atomic E-state index is 0.204. The minimum atomic E-state index is -0.240. The number of thioether (sulfide) groups is 1. The molecule has 4 rings (SSSR count). The van der Waals surface area contributed by atoms with Crippen molar-refractivity contribution in [3.8, 4) is 0 Å². The van der Waals surface area contributed by atoms with Crippen LogP contribution in [0.25, 0.3) is 5.65 Å². The van der Waals surface area contributed by atoms with Gasteiger partial charge in [-0.15, -0.1) is 22.0 Å². The predicted octanol–water partition coefficient (Wildman–Crippen LogP) is 4.09. The Bertz CT molecular complexity index is 1130. The van der Waals surface area contributed by atoms with Gasteiger partial charge in [0.05, 0.1) is 12.1 Å². The topological polar surface area (TPSA) is 59.3 Å². The third-order valence-corrected chi connectivity index (χ3v) is 5.39. The molecule has 0 radical (unpaired) electrons. The maximum Gasteiger partial charge on any atom is 0.252 e. The number of fused-ring (bicyclic) bond motifs is 1. The van der Waals surface area contributed by atoms with Crippen LogP contribution in [0.15, 0.2) is 77.8 Å². The molecule has 0 aliphatic carbocycles. The molecule has 0 atom stereocenters. The second-order valence-electron chi connectivity index (χ2n) is 6.10. The summed E-state index contributed by atoms with van der Waals surface area (Å²) in [5, 5.41) is 11.1. The van der Waals surface area contributed by atoms with Gasteiger partial charge in [-0.1, -0.05) is 36.4 Å². The van der Waals surface area contributed by atoms with E-state index in [9.17, 15) is 9.18 Å². The van der Waals surface area contributed by atoms with E-state index in [0.717, 1.165) is 10.5 Å². The number of carbonyl (C=O) groups is 1. The number of amides is 1. The van der Waals surface area contributed by atoms with Crippen molar-refractivity contribution in [2.45, 2.75) is 17.2 Å². The highest BCUT2D eigenvalue weighted by atomic mass is 32.2. The van der Waals surface area contributed by atoms with E-state index >= 15 is 0 Å². The Kier molecular flexibility index (Phi) is 5.34. The Hall–Kier alpha value is -3.19. The van der Waals surface area contributed by atoms with Gasteiger partial charge in [-0.05, 0) is 35.9 Å². The van der Waals surface area contributed by atoms with Crippen LogP contribution < -0.4 is 5.32 Å². The zero-order chi connectivity index (χ0) is 19.3. The molecular weight excluding hydrogens is 375 g/mol. The first kappa shape index (κ1) is 18.2. The molecule has 0 saturated carbocycles. The second kappa shape index (κ2) is 8.22. The van der Waals surface area contributed by atoms with Crippen LogP contribution in [-0.2, 0) is 12.3 Å². The Labute approximate surface area is 165 Å². The van der Waals surface area contributed by atoms with Crippen LogP contribution in [-0.4, -0.2) is 20.5 Å². The quantitative estimate of drug-likeness (QED) is 0.502. The molecule has 1 N–H and O–H groups in total. The van der Waals surface area contributed by atoms with E-state index in [1.807, 2.05) is 47.0 Å². The Morgan fingerprint density at radius 3 is 2.68 bits per heavy atom. The molecular formula is C21H17FN4OS. The largest absolute Gasteiger partial charge is 0.345 e. The molecule has 2 aromatic heterocycles. The van der Waals surface area contributed by atoms with Crippen molar-refractivity contribution < 1.29 is 9.18 Å². The summed E-state index contributed by atoms with van der Waals surface area (Å²) in [5.41, 5.74) is 1.89. The molecule has 0 aliphatic rings. The van der Waals surface area contributed by atoms with E-state index < -0.39 is 0 Å². The lowest BCUT2D eigenvalue weighted by Gasteiger charge is -2.10. The maximum atomic E-state index is 13.8. The van der Waals surface area contributed by atoms with Crippen LogP contribution in [0.1, 0.15) is 21.7 Å². The average molecular weight is 392 g/mol. The molecule has 0 fully saturated rings. The van der Waals surface area contributed by atoms with Gasteiger partial charge in [-0.2, -0.15) is 0 Å². The minimum Gasteiger partial charge on any atom is -0.345 e. The molecule has 0 bridgehead atoms. The number of pyridine rings is 1. The van der Waals surface area contributed by atoms with Crippen LogP contribution in [0, 0.1) is 5.82 Å². The van der Waals surface area contributed by atoms with E-state index in [1.54, 1.807) is 24.3 Å². The number of rotatable bonds is 6. The lowest BCUT2D eigenvalue weighted by Crippen LogP contribution is -2.24. The van der Waals surface area contributed by atoms with Crippen LogP contribution in [0.5, 0.6) is 0 Å². The number of aromatic nitrogens is 3. The van der Waals surface area contributed by atoms with E-state index in [2.05, 4.69) is 15.5 Å². The summed E-state index contributed by atoms with van der Waals surface area (Å²) in [6.45, 7) is 0.260. The van der Waals surface area contributed by atoms with Crippen LogP contribution in [0.3, 0.4) is 0 Å². The molecule has 140 valence electrons. The Morgan fingerprint density at radius 2 is 1.79 bits per heavy atom. The first-order valence-electron chi connectivity index (χ1n) is 8.74. The highest BCUT2D eigenvalue weighted by Crippen LogP contribution is 2.27. The van der Waals surface area contributed by atoms with Gasteiger partial charge < -0.3 is 5.32 Å². The van der Waals surface area contributed by atoms with Gasteiger partial charge in [0.1, 0.15) is 5.82 Å². The molecule has 2 heterocycles. The van der Waals surface area contributed by atoms with Gasteiger partial charge >= 0.3 is 0 Å². The maximum absolute atomic E-state index is 13.8.